The van der Waals surface area contributed by atoms with Crippen LogP contribution in [0.5, 0.6) is 0 Å². The number of esters is 4. The van der Waals surface area contributed by atoms with Gasteiger partial charge in [-0.1, -0.05) is 27.7 Å². The molecule has 2 heterocycles. The smallest absolute Gasteiger partial charge is 0.351 e. The minimum absolute atomic E-state index is 0.130. The van der Waals surface area contributed by atoms with Crippen molar-refractivity contribution in [2.24, 2.45) is 45.3 Å². The first-order valence-electron chi connectivity index (χ1n) is 18.9. The Morgan fingerprint density at radius 3 is 1.31 bits per heavy atom. The van der Waals surface area contributed by atoms with E-state index in [4.69, 9.17) is 33.2 Å². The monoisotopic (exact) mass is 820 g/mol. The molecule has 6 rings (SSSR count). The Bertz CT molecular complexity index is 1640. The summed E-state index contributed by atoms with van der Waals surface area (Å²) in [7, 11) is -5.56. The number of carbonyl (C=O) groups is 4. The third kappa shape index (κ3) is 6.51. The van der Waals surface area contributed by atoms with Crippen molar-refractivity contribution < 1.29 is 69.2 Å². The topological polar surface area (TPSA) is 208 Å². The number of nitrogens with zero attached hydrogens (tertiary/aromatic N) is 2. The van der Waals surface area contributed by atoms with Gasteiger partial charge < -0.3 is 33.2 Å². The molecule has 6 fully saturated rings. The molecule has 0 aromatic heterocycles. The molecule has 4 bridgehead atoms. The molecule has 2 aliphatic heterocycles. The lowest BCUT2D eigenvalue weighted by Gasteiger charge is -2.43. The normalized spacial score (nSPS) is 35.0. The maximum atomic E-state index is 14.8. The number of sulfonamides is 2. The van der Waals surface area contributed by atoms with Gasteiger partial charge in [0.1, 0.15) is 13.1 Å². The van der Waals surface area contributed by atoms with Crippen molar-refractivity contribution in [2.75, 3.05) is 66.2 Å². The lowest BCUT2D eigenvalue weighted by atomic mass is 9.69. The Morgan fingerprint density at radius 2 is 0.982 bits per heavy atom. The molecule has 19 heteroatoms. The summed E-state index contributed by atoms with van der Waals surface area (Å²) in [5, 5.41) is 0. The quantitative estimate of drug-likeness (QED) is 0.122. The van der Waals surface area contributed by atoms with Crippen LogP contribution in [0, 0.1) is 45.3 Å². The predicted octanol–water partition coefficient (Wildman–Crippen LogP) is 1.29. The molecule has 312 valence electrons. The van der Waals surface area contributed by atoms with Crippen LogP contribution in [0.1, 0.15) is 66.2 Å². The van der Waals surface area contributed by atoms with Gasteiger partial charge in [-0.25, -0.2) is 26.4 Å². The molecule has 0 N–H and O–H groups in total. The van der Waals surface area contributed by atoms with E-state index < -0.39 is 115 Å². The van der Waals surface area contributed by atoms with E-state index in [2.05, 4.69) is 0 Å². The van der Waals surface area contributed by atoms with Gasteiger partial charge in [0.05, 0.1) is 52.2 Å². The molecule has 10 atom stereocenters. The fraction of sp³-hybridized carbons (Fsp3) is 0.889. The van der Waals surface area contributed by atoms with Crippen LogP contribution < -0.4 is 0 Å². The molecule has 0 aromatic carbocycles. The molecule has 0 aromatic rings. The predicted molar refractivity (Wildman–Crippen MR) is 191 cm³/mol. The molecule has 2 saturated heterocycles. The lowest BCUT2D eigenvalue weighted by Crippen LogP contribution is -2.59. The summed E-state index contributed by atoms with van der Waals surface area (Å²) in [5.74, 6) is -5.42. The maximum absolute atomic E-state index is 14.8. The first-order chi connectivity index (χ1) is 25.7. The van der Waals surface area contributed by atoms with E-state index >= 15 is 0 Å². The van der Waals surface area contributed by atoms with Crippen molar-refractivity contribution in [1.29, 1.82) is 0 Å². The Kier molecular flexibility index (Phi) is 11.3. The van der Waals surface area contributed by atoms with Gasteiger partial charge in [0.2, 0.25) is 32.5 Å². The molecule has 4 saturated carbocycles. The number of fused-ring (bicyclic) bond motifs is 10. The van der Waals surface area contributed by atoms with Gasteiger partial charge >= 0.3 is 23.9 Å². The zero-order chi connectivity index (χ0) is 40.5. The summed E-state index contributed by atoms with van der Waals surface area (Å²) in [6, 6.07) is 0. The van der Waals surface area contributed by atoms with Crippen molar-refractivity contribution in [3.05, 3.63) is 0 Å². The van der Waals surface area contributed by atoms with Crippen LogP contribution in [0.4, 0.5) is 0 Å². The molecule has 0 amide bonds. The highest BCUT2D eigenvalue weighted by atomic mass is 32.2. The van der Waals surface area contributed by atoms with Crippen molar-refractivity contribution in [3.63, 3.8) is 0 Å². The summed E-state index contributed by atoms with van der Waals surface area (Å²) >= 11 is 0. The summed E-state index contributed by atoms with van der Waals surface area (Å²) in [5.41, 5.74) is -2.85. The van der Waals surface area contributed by atoms with Crippen molar-refractivity contribution in [2.45, 2.75) is 90.9 Å². The van der Waals surface area contributed by atoms with Gasteiger partial charge in [0, 0.05) is 24.0 Å². The number of rotatable bonds is 16. The first-order valence-corrected chi connectivity index (χ1v) is 22.1. The second-order valence-corrected chi connectivity index (χ2v) is 21.0. The van der Waals surface area contributed by atoms with Crippen LogP contribution in [-0.2, 0) is 72.4 Å². The van der Waals surface area contributed by atoms with Gasteiger partial charge in [-0.3, -0.25) is 9.59 Å². The van der Waals surface area contributed by atoms with Crippen LogP contribution >= 0.6 is 0 Å². The van der Waals surface area contributed by atoms with Crippen molar-refractivity contribution in [1.82, 2.24) is 8.61 Å². The Hall–Kier alpha value is -2.42. The number of ether oxygens (including phenoxy) is 7. The Balaban J connectivity index is 1.40. The SMILES string of the molecule is COC(=O)CN([C@H](O[C@H](C(=O)OC)N(CC(=O)OC)S(=O)(=O)C[C@@]12CC[C@@H]([C@@H]3CCO[C@@H]31)C2(C)C)C(=O)OC)S(=O)(=O)C[C@@]12CC[C@H]([C@H]3CCO[C@H]31)C2(C)C. The zero-order valence-electron chi connectivity index (χ0n) is 32.9. The summed E-state index contributed by atoms with van der Waals surface area (Å²) in [6.45, 7) is 6.82. The third-order valence-electron chi connectivity index (χ3n) is 14.8. The van der Waals surface area contributed by atoms with Crippen LogP contribution in [0.15, 0.2) is 0 Å². The second-order valence-electron chi connectivity index (χ2n) is 17.2. The largest absolute Gasteiger partial charge is 0.468 e. The minimum Gasteiger partial charge on any atom is -0.468 e. The molecule has 4 aliphatic carbocycles. The molecule has 0 spiro atoms. The average Bonchev–Trinajstić information content (AvgIpc) is 3.96. The van der Waals surface area contributed by atoms with Gasteiger partial charge in [0.25, 0.3) is 0 Å². The summed E-state index contributed by atoms with van der Waals surface area (Å²) in [4.78, 5) is 53.3. The standard InChI is InChI=1S/C36H56N2O15S2/c1-33(2)23-9-13-35(33,27-21(23)11-15-51-27)19-54(43,44)37(17-25(39)47-5)29(31(41)49-7)53-30(32(42)50-8)38(18-26(40)48-6)55(45,46)20-36-14-10-24(34(36,3)4)22-12-16-52-28(22)36/h21-24,27-30H,9-20H2,1-8H3/t21-,22+,23-,24+,27-,28+,29-,30-,35+,36+/m1/s1. The fourth-order valence-corrected chi connectivity index (χ4v) is 16.4. The molecular formula is C36H56N2O15S2. The third-order valence-corrected chi connectivity index (χ3v) is 18.7. The van der Waals surface area contributed by atoms with Gasteiger partial charge in [-0.05, 0) is 73.0 Å². The van der Waals surface area contributed by atoms with Gasteiger partial charge in [-0.15, -0.1) is 0 Å². The van der Waals surface area contributed by atoms with Crippen molar-refractivity contribution in [3.8, 4) is 0 Å². The van der Waals surface area contributed by atoms with Crippen LogP contribution in [-0.4, -0.2) is 140 Å². The molecule has 6 aliphatic rings. The average molecular weight is 821 g/mol. The molecule has 17 nitrogen and oxygen atoms in total. The van der Waals surface area contributed by atoms with E-state index in [0.717, 1.165) is 54.1 Å². The Morgan fingerprint density at radius 1 is 0.618 bits per heavy atom. The molecule has 0 unspecified atom stereocenters. The van der Waals surface area contributed by atoms with E-state index in [1.54, 1.807) is 0 Å². The number of carbonyl (C=O) groups excluding carboxylic acids is 4. The van der Waals surface area contributed by atoms with Crippen molar-refractivity contribution >= 4 is 43.9 Å². The first kappa shape index (κ1) is 42.2. The lowest BCUT2D eigenvalue weighted by molar-refractivity contribution is -0.190. The Labute approximate surface area is 323 Å². The van der Waals surface area contributed by atoms with Gasteiger partial charge in [0.15, 0.2) is 0 Å². The highest BCUT2D eigenvalue weighted by Crippen LogP contribution is 2.72. The highest BCUT2D eigenvalue weighted by Gasteiger charge is 2.73. The van der Waals surface area contributed by atoms with Crippen LogP contribution in [0.3, 0.4) is 0 Å². The van der Waals surface area contributed by atoms with E-state index in [9.17, 15) is 36.0 Å². The zero-order valence-corrected chi connectivity index (χ0v) is 34.6. The van der Waals surface area contributed by atoms with Gasteiger partial charge in [-0.2, -0.15) is 8.61 Å². The van der Waals surface area contributed by atoms with E-state index in [0.29, 0.717) is 34.7 Å². The number of hydrogen-bond donors (Lipinski definition) is 0. The molecular weight excluding hydrogens is 765 g/mol. The van der Waals surface area contributed by atoms with Crippen LogP contribution in [0.25, 0.3) is 0 Å². The summed E-state index contributed by atoms with van der Waals surface area (Å²) < 4.78 is 98.0. The molecule has 55 heavy (non-hydrogen) atoms. The minimum atomic E-state index is -4.74. The maximum Gasteiger partial charge on any atom is 0.351 e. The van der Waals surface area contributed by atoms with Crippen LogP contribution in [0.2, 0.25) is 0 Å². The number of hydrogen-bond acceptors (Lipinski definition) is 15. The van der Waals surface area contributed by atoms with E-state index in [-0.39, 0.29) is 23.7 Å². The second kappa shape index (κ2) is 14.8. The highest BCUT2D eigenvalue weighted by molar-refractivity contribution is 7.89. The molecule has 0 radical (unpaired) electrons. The fourth-order valence-electron chi connectivity index (χ4n) is 12.0. The van der Waals surface area contributed by atoms with E-state index in [1.807, 2.05) is 27.7 Å². The summed E-state index contributed by atoms with van der Waals surface area (Å²) in [6.07, 6.45) is -1.56. The van der Waals surface area contributed by atoms with E-state index in [1.165, 1.54) is 0 Å². The number of methoxy groups -OCH3 is 4.